The molecule has 1 heterocycles. The Morgan fingerprint density at radius 2 is 2.22 bits per heavy atom. The molecule has 18 heavy (non-hydrogen) atoms. The minimum absolute atomic E-state index is 0.277. The zero-order valence-electron chi connectivity index (χ0n) is 9.69. The Kier molecular flexibility index (Phi) is 4.37. The molecule has 0 aliphatic heterocycles. The van der Waals surface area contributed by atoms with Crippen molar-refractivity contribution < 1.29 is 14.2 Å². The van der Waals surface area contributed by atoms with Crippen LogP contribution < -0.4 is 4.74 Å². The first kappa shape index (κ1) is 13.5. The standard InChI is InChI=1S/C13H12BrFO2S/c1-8(16)10-3-2-9(6-12(10)15)17-7-13-11(14)4-5-18-13/h2-6,8,16H,7H2,1H3. The summed E-state index contributed by atoms with van der Waals surface area (Å²) in [6, 6.07) is 6.44. The number of halogens is 2. The van der Waals surface area contributed by atoms with Gasteiger partial charge in [-0.1, -0.05) is 0 Å². The van der Waals surface area contributed by atoms with Crippen LogP contribution in [0.4, 0.5) is 4.39 Å². The van der Waals surface area contributed by atoms with Gasteiger partial charge in [0, 0.05) is 16.1 Å². The summed E-state index contributed by atoms with van der Waals surface area (Å²) in [4.78, 5) is 1.05. The Balaban J connectivity index is 2.07. The van der Waals surface area contributed by atoms with Gasteiger partial charge in [-0.15, -0.1) is 11.3 Å². The highest BCUT2D eigenvalue weighted by atomic mass is 79.9. The molecular weight excluding hydrogens is 319 g/mol. The summed E-state index contributed by atoms with van der Waals surface area (Å²) in [6.45, 7) is 1.92. The highest BCUT2D eigenvalue weighted by Gasteiger charge is 2.09. The second-order valence-corrected chi connectivity index (χ2v) is 5.69. The molecule has 0 saturated carbocycles. The van der Waals surface area contributed by atoms with Crippen LogP contribution in [0.2, 0.25) is 0 Å². The molecule has 0 aliphatic carbocycles. The number of ether oxygens (including phenoxy) is 1. The van der Waals surface area contributed by atoms with Crippen LogP contribution in [0.1, 0.15) is 23.5 Å². The first-order valence-electron chi connectivity index (χ1n) is 5.40. The molecule has 5 heteroatoms. The molecule has 96 valence electrons. The number of hydrogen-bond acceptors (Lipinski definition) is 3. The average molecular weight is 331 g/mol. The average Bonchev–Trinajstić information content (AvgIpc) is 2.72. The maximum atomic E-state index is 13.6. The number of benzene rings is 1. The van der Waals surface area contributed by atoms with Gasteiger partial charge < -0.3 is 9.84 Å². The van der Waals surface area contributed by atoms with E-state index in [-0.39, 0.29) is 5.56 Å². The van der Waals surface area contributed by atoms with Crippen LogP contribution >= 0.6 is 27.3 Å². The molecule has 0 aliphatic rings. The largest absolute Gasteiger partial charge is 0.488 e. The lowest BCUT2D eigenvalue weighted by Crippen LogP contribution is -1.98. The van der Waals surface area contributed by atoms with Gasteiger partial charge in [0.2, 0.25) is 0 Å². The monoisotopic (exact) mass is 330 g/mol. The number of hydrogen-bond donors (Lipinski definition) is 1. The summed E-state index contributed by atoms with van der Waals surface area (Å²) in [5.41, 5.74) is 0.277. The topological polar surface area (TPSA) is 29.5 Å². The molecule has 1 N–H and O–H groups in total. The third kappa shape index (κ3) is 3.10. The van der Waals surface area contributed by atoms with Gasteiger partial charge in [-0.2, -0.15) is 0 Å². The van der Waals surface area contributed by atoms with Gasteiger partial charge in [-0.3, -0.25) is 0 Å². The number of aliphatic hydroxyl groups is 1. The van der Waals surface area contributed by atoms with E-state index in [4.69, 9.17) is 4.74 Å². The minimum Gasteiger partial charge on any atom is -0.488 e. The van der Waals surface area contributed by atoms with E-state index in [9.17, 15) is 9.50 Å². The predicted molar refractivity (Wildman–Crippen MR) is 73.4 cm³/mol. The van der Waals surface area contributed by atoms with E-state index in [1.807, 2.05) is 11.4 Å². The van der Waals surface area contributed by atoms with Gasteiger partial charge in [0.25, 0.3) is 0 Å². The predicted octanol–water partition coefficient (Wildman–Crippen LogP) is 4.28. The van der Waals surface area contributed by atoms with Crippen LogP contribution in [0.25, 0.3) is 0 Å². The maximum absolute atomic E-state index is 13.6. The summed E-state index contributed by atoms with van der Waals surface area (Å²) in [5, 5.41) is 11.3. The van der Waals surface area contributed by atoms with Crippen LogP contribution in [0.15, 0.2) is 34.1 Å². The van der Waals surface area contributed by atoms with Crippen molar-refractivity contribution in [3.8, 4) is 5.75 Å². The molecule has 0 bridgehead atoms. The van der Waals surface area contributed by atoms with Gasteiger partial charge in [0.1, 0.15) is 18.2 Å². The lowest BCUT2D eigenvalue weighted by Gasteiger charge is -2.09. The molecule has 2 nitrogen and oxygen atoms in total. The zero-order valence-corrected chi connectivity index (χ0v) is 12.1. The molecule has 2 rings (SSSR count). The Morgan fingerprint density at radius 1 is 1.44 bits per heavy atom. The van der Waals surface area contributed by atoms with E-state index in [0.29, 0.717) is 12.4 Å². The van der Waals surface area contributed by atoms with Gasteiger partial charge in [-0.25, -0.2) is 4.39 Å². The van der Waals surface area contributed by atoms with Crippen LogP contribution in [0.5, 0.6) is 5.75 Å². The fraction of sp³-hybridized carbons (Fsp3) is 0.231. The van der Waals surface area contributed by atoms with Crippen molar-refractivity contribution in [2.45, 2.75) is 19.6 Å². The van der Waals surface area contributed by atoms with E-state index in [1.54, 1.807) is 23.5 Å². The third-order valence-electron chi connectivity index (χ3n) is 2.48. The zero-order chi connectivity index (χ0) is 13.1. The Morgan fingerprint density at radius 3 is 2.78 bits per heavy atom. The first-order valence-corrected chi connectivity index (χ1v) is 7.07. The van der Waals surface area contributed by atoms with Gasteiger partial charge in [-0.05, 0) is 46.4 Å². The van der Waals surface area contributed by atoms with Crippen molar-refractivity contribution in [1.82, 2.24) is 0 Å². The van der Waals surface area contributed by atoms with Crippen molar-refractivity contribution in [3.63, 3.8) is 0 Å². The van der Waals surface area contributed by atoms with Crippen molar-refractivity contribution >= 4 is 27.3 Å². The molecular formula is C13H12BrFO2S. The van der Waals surface area contributed by atoms with E-state index >= 15 is 0 Å². The molecule has 0 radical (unpaired) electrons. The molecule has 0 saturated heterocycles. The third-order valence-corrected chi connectivity index (χ3v) is 4.38. The van der Waals surface area contributed by atoms with Gasteiger partial charge >= 0.3 is 0 Å². The fourth-order valence-corrected chi connectivity index (χ4v) is 2.89. The molecule has 0 fully saturated rings. The second-order valence-electron chi connectivity index (χ2n) is 3.84. The van der Waals surface area contributed by atoms with E-state index < -0.39 is 11.9 Å². The van der Waals surface area contributed by atoms with Crippen LogP contribution in [-0.4, -0.2) is 5.11 Å². The first-order chi connectivity index (χ1) is 8.58. The number of thiophene rings is 1. The summed E-state index contributed by atoms with van der Waals surface area (Å²) in [5.74, 6) is 0.00458. The normalized spacial score (nSPS) is 12.4. The van der Waals surface area contributed by atoms with Crippen molar-refractivity contribution in [2.24, 2.45) is 0 Å². The van der Waals surface area contributed by atoms with E-state index in [2.05, 4.69) is 15.9 Å². The summed E-state index contributed by atoms with van der Waals surface area (Å²) < 4.78 is 20.1. The SMILES string of the molecule is CC(O)c1ccc(OCc2sccc2Br)cc1F. The van der Waals surface area contributed by atoms with Crippen molar-refractivity contribution in [3.05, 3.63) is 50.4 Å². The summed E-state index contributed by atoms with van der Waals surface area (Å²) in [6.07, 6.45) is -0.814. The molecule has 1 aromatic heterocycles. The molecule has 0 spiro atoms. The quantitative estimate of drug-likeness (QED) is 0.906. The highest BCUT2D eigenvalue weighted by Crippen LogP contribution is 2.26. The Hall–Kier alpha value is -0.910. The highest BCUT2D eigenvalue weighted by molar-refractivity contribution is 9.10. The summed E-state index contributed by atoms with van der Waals surface area (Å²) >= 11 is 4.98. The Bertz CT molecular complexity index is 540. The van der Waals surface area contributed by atoms with Crippen molar-refractivity contribution in [2.75, 3.05) is 0 Å². The molecule has 1 atom stereocenters. The van der Waals surface area contributed by atoms with Crippen molar-refractivity contribution in [1.29, 1.82) is 0 Å². The number of aliphatic hydroxyl groups excluding tert-OH is 1. The smallest absolute Gasteiger partial charge is 0.132 e. The van der Waals surface area contributed by atoms with Crippen LogP contribution in [0, 0.1) is 5.82 Å². The minimum atomic E-state index is -0.814. The Labute approximate surface area is 117 Å². The lowest BCUT2D eigenvalue weighted by molar-refractivity contribution is 0.194. The molecule has 0 amide bonds. The molecule has 1 aromatic carbocycles. The van der Waals surface area contributed by atoms with Crippen LogP contribution in [-0.2, 0) is 6.61 Å². The van der Waals surface area contributed by atoms with Gasteiger partial charge in [0.05, 0.1) is 11.0 Å². The molecule has 2 aromatic rings. The van der Waals surface area contributed by atoms with E-state index in [0.717, 1.165) is 9.35 Å². The lowest BCUT2D eigenvalue weighted by atomic mass is 10.1. The number of rotatable bonds is 4. The fourth-order valence-electron chi connectivity index (χ4n) is 1.51. The second kappa shape index (κ2) is 5.82. The molecule has 1 unspecified atom stereocenters. The maximum Gasteiger partial charge on any atom is 0.132 e. The van der Waals surface area contributed by atoms with Crippen LogP contribution in [0.3, 0.4) is 0 Å². The summed E-state index contributed by atoms with van der Waals surface area (Å²) in [7, 11) is 0. The van der Waals surface area contributed by atoms with Gasteiger partial charge in [0.15, 0.2) is 0 Å². The van der Waals surface area contributed by atoms with E-state index in [1.165, 1.54) is 13.0 Å².